The summed E-state index contributed by atoms with van der Waals surface area (Å²) in [7, 11) is 1.36. The number of likely N-dealkylation sites (tertiary alicyclic amines) is 1. The third-order valence-electron chi connectivity index (χ3n) is 2.72. The number of ether oxygens (including phenoxy) is 1. The standard InChI is InChI=1S/C12H22N2O3/c1-12(2,3)13-10(15)9-6-5-7-14(8-9)11(16)17-4/h9H,5-8H2,1-4H3,(H,13,15). The Labute approximate surface area is 102 Å². The van der Waals surface area contributed by atoms with Gasteiger partial charge in [-0.15, -0.1) is 0 Å². The molecule has 1 N–H and O–H groups in total. The highest BCUT2D eigenvalue weighted by molar-refractivity contribution is 5.80. The predicted molar refractivity (Wildman–Crippen MR) is 64.6 cm³/mol. The first kappa shape index (κ1) is 13.8. The van der Waals surface area contributed by atoms with Crippen LogP contribution in [0.4, 0.5) is 4.79 Å². The Morgan fingerprint density at radius 2 is 2.00 bits per heavy atom. The molecule has 0 radical (unpaired) electrons. The van der Waals surface area contributed by atoms with Crippen LogP contribution in [-0.2, 0) is 9.53 Å². The van der Waals surface area contributed by atoms with Crippen LogP contribution in [0.15, 0.2) is 0 Å². The molecule has 1 fully saturated rings. The lowest BCUT2D eigenvalue weighted by Gasteiger charge is -2.32. The lowest BCUT2D eigenvalue weighted by molar-refractivity contribution is -0.127. The number of hydrogen-bond acceptors (Lipinski definition) is 3. The van der Waals surface area contributed by atoms with E-state index in [2.05, 4.69) is 10.1 Å². The zero-order chi connectivity index (χ0) is 13.1. The van der Waals surface area contributed by atoms with Crippen molar-refractivity contribution in [2.24, 2.45) is 5.92 Å². The minimum atomic E-state index is -0.349. The lowest BCUT2D eigenvalue weighted by atomic mass is 9.96. The minimum Gasteiger partial charge on any atom is -0.453 e. The van der Waals surface area contributed by atoms with E-state index in [1.165, 1.54) is 7.11 Å². The predicted octanol–water partition coefficient (Wildman–Crippen LogP) is 1.38. The van der Waals surface area contributed by atoms with Crippen molar-refractivity contribution >= 4 is 12.0 Å². The summed E-state index contributed by atoms with van der Waals surface area (Å²) in [5.74, 6) is -0.104. The van der Waals surface area contributed by atoms with Crippen molar-refractivity contribution < 1.29 is 14.3 Å². The molecule has 1 unspecified atom stereocenters. The van der Waals surface area contributed by atoms with E-state index >= 15 is 0 Å². The van der Waals surface area contributed by atoms with Gasteiger partial charge in [-0.25, -0.2) is 4.79 Å². The first-order chi connectivity index (χ1) is 7.83. The molecule has 1 atom stereocenters. The van der Waals surface area contributed by atoms with Crippen LogP contribution in [0.5, 0.6) is 0 Å². The molecule has 1 aliphatic rings. The molecular weight excluding hydrogens is 220 g/mol. The van der Waals surface area contributed by atoms with Crippen molar-refractivity contribution in [3.8, 4) is 0 Å². The Bertz CT molecular complexity index is 297. The van der Waals surface area contributed by atoms with E-state index in [1.807, 2.05) is 20.8 Å². The zero-order valence-electron chi connectivity index (χ0n) is 11.1. The van der Waals surface area contributed by atoms with Gasteiger partial charge in [0.15, 0.2) is 0 Å². The van der Waals surface area contributed by atoms with Gasteiger partial charge in [-0.2, -0.15) is 0 Å². The minimum absolute atomic E-state index is 0.0195. The average Bonchev–Trinajstić information content (AvgIpc) is 2.26. The summed E-state index contributed by atoms with van der Waals surface area (Å²) in [5.41, 5.74) is -0.232. The monoisotopic (exact) mass is 242 g/mol. The number of rotatable bonds is 1. The molecule has 2 amide bonds. The van der Waals surface area contributed by atoms with E-state index in [0.717, 1.165) is 12.8 Å². The smallest absolute Gasteiger partial charge is 0.409 e. The van der Waals surface area contributed by atoms with Gasteiger partial charge < -0.3 is 15.0 Å². The molecule has 0 bridgehead atoms. The van der Waals surface area contributed by atoms with Crippen molar-refractivity contribution in [2.45, 2.75) is 39.2 Å². The van der Waals surface area contributed by atoms with Gasteiger partial charge in [0.1, 0.15) is 0 Å². The second kappa shape index (κ2) is 5.38. The highest BCUT2D eigenvalue weighted by atomic mass is 16.5. The fourth-order valence-electron chi connectivity index (χ4n) is 1.96. The van der Waals surface area contributed by atoms with Crippen LogP contribution in [0.3, 0.4) is 0 Å². The third kappa shape index (κ3) is 4.24. The summed E-state index contributed by atoms with van der Waals surface area (Å²) >= 11 is 0. The van der Waals surface area contributed by atoms with Crippen LogP contribution >= 0.6 is 0 Å². The van der Waals surface area contributed by atoms with E-state index in [4.69, 9.17) is 0 Å². The van der Waals surface area contributed by atoms with Gasteiger partial charge in [0.25, 0.3) is 0 Å². The van der Waals surface area contributed by atoms with Crippen molar-refractivity contribution in [3.05, 3.63) is 0 Å². The van der Waals surface area contributed by atoms with E-state index in [1.54, 1.807) is 4.90 Å². The number of piperidine rings is 1. The molecule has 1 saturated heterocycles. The lowest BCUT2D eigenvalue weighted by Crippen LogP contribution is -2.49. The van der Waals surface area contributed by atoms with Gasteiger partial charge in [0.05, 0.1) is 13.0 Å². The fourth-order valence-corrected chi connectivity index (χ4v) is 1.96. The van der Waals surface area contributed by atoms with Crippen LogP contribution in [-0.4, -0.2) is 42.6 Å². The summed E-state index contributed by atoms with van der Waals surface area (Å²) in [6.45, 7) is 6.98. The highest BCUT2D eigenvalue weighted by Crippen LogP contribution is 2.18. The molecule has 5 nitrogen and oxygen atoms in total. The van der Waals surface area contributed by atoms with Gasteiger partial charge >= 0.3 is 6.09 Å². The molecule has 1 heterocycles. The second-order valence-electron chi connectivity index (χ2n) is 5.49. The van der Waals surface area contributed by atoms with Crippen LogP contribution in [0, 0.1) is 5.92 Å². The molecule has 5 heteroatoms. The summed E-state index contributed by atoms with van der Waals surface area (Å²) in [6, 6.07) is 0. The molecule has 0 aromatic carbocycles. The molecule has 0 spiro atoms. The maximum absolute atomic E-state index is 12.0. The summed E-state index contributed by atoms with van der Waals surface area (Å²) in [6.07, 6.45) is 1.32. The van der Waals surface area contributed by atoms with Crippen molar-refractivity contribution in [1.29, 1.82) is 0 Å². The van der Waals surface area contributed by atoms with Gasteiger partial charge in [0.2, 0.25) is 5.91 Å². The Kier molecular flexibility index (Phi) is 4.37. The quantitative estimate of drug-likeness (QED) is 0.755. The second-order valence-corrected chi connectivity index (χ2v) is 5.49. The third-order valence-corrected chi connectivity index (χ3v) is 2.72. The maximum atomic E-state index is 12.0. The molecule has 0 aromatic rings. The molecule has 0 aromatic heterocycles. The number of nitrogens with zero attached hydrogens (tertiary/aromatic N) is 1. The van der Waals surface area contributed by atoms with Crippen LogP contribution in [0.1, 0.15) is 33.6 Å². The first-order valence-electron chi connectivity index (χ1n) is 5.98. The summed E-state index contributed by atoms with van der Waals surface area (Å²) in [5, 5.41) is 2.95. The normalized spacial score (nSPS) is 20.9. The molecule has 98 valence electrons. The van der Waals surface area contributed by atoms with E-state index in [-0.39, 0.29) is 23.5 Å². The Morgan fingerprint density at radius 3 is 2.53 bits per heavy atom. The SMILES string of the molecule is COC(=O)N1CCCC(C(=O)NC(C)(C)C)C1. The Balaban J connectivity index is 2.55. The van der Waals surface area contributed by atoms with E-state index in [0.29, 0.717) is 13.1 Å². The zero-order valence-corrected chi connectivity index (χ0v) is 11.1. The summed E-state index contributed by atoms with van der Waals surface area (Å²) in [4.78, 5) is 25.0. The molecule has 17 heavy (non-hydrogen) atoms. The topological polar surface area (TPSA) is 58.6 Å². The largest absolute Gasteiger partial charge is 0.453 e. The van der Waals surface area contributed by atoms with E-state index < -0.39 is 0 Å². The van der Waals surface area contributed by atoms with Crippen LogP contribution in [0.2, 0.25) is 0 Å². The van der Waals surface area contributed by atoms with Gasteiger partial charge in [-0.05, 0) is 33.6 Å². The Hall–Kier alpha value is -1.26. The number of nitrogens with one attached hydrogen (secondary N) is 1. The molecule has 0 aliphatic carbocycles. The molecule has 0 saturated carbocycles. The van der Waals surface area contributed by atoms with Crippen LogP contribution < -0.4 is 5.32 Å². The first-order valence-corrected chi connectivity index (χ1v) is 5.98. The van der Waals surface area contributed by atoms with Gasteiger partial charge in [-0.1, -0.05) is 0 Å². The van der Waals surface area contributed by atoms with Crippen molar-refractivity contribution in [2.75, 3.05) is 20.2 Å². The molecule has 1 aliphatic heterocycles. The maximum Gasteiger partial charge on any atom is 0.409 e. The van der Waals surface area contributed by atoms with Crippen molar-refractivity contribution in [1.82, 2.24) is 10.2 Å². The average molecular weight is 242 g/mol. The van der Waals surface area contributed by atoms with Crippen molar-refractivity contribution in [3.63, 3.8) is 0 Å². The molecular formula is C12H22N2O3. The van der Waals surface area contributed by atoms with E-state index in [9.17, 15) is 9.59 Å². The summed E-state index contributed by atoms with van der Waals surface area (Å²) < 4.78 is 4.67. The number of carbonyl (C=O) groups excluding carboxylic acids is 2. The number of carbonyl (C=O) groups is 2. The Morgan fingerprint density at radius 1 is 1.35 bits per heavy atom. The molecule has 1 rings (SSSR count). The number of methoxy groups -OCH3 is 1. The highest BCUT2D eigenvalue weighted by Gasteiger charge is 2.30. The number of amides is 2. The van der Waals surface area contributed by atoms with Crippen LogP contribution in [0.25, 0.3) is 0 Å². The van der Waals surface area contributed by atoms with Gasteiger partial charge in [-0.3, -0.25) is 4.79 Å². The fraction of sp³-hybridized carbons (Fsp3) is 0.833. The number of hydrogen-bond donors (Lipinski definition) is 1. The van der Waals surface area contributed by atoms with Gasteiger partial charge in [0, 0.05) is 18.6 Å².